The van der Waals surface area contributed by atoms with E-state index in [9.17, 15) is 9.59 Å². The molecule has 0 saturated carbocycles. The molecule has 3 rings (SSSR count). The average Bonchev–Trinajstić information content (AvgIpc) is 3.19. The van der Waals surface area contributed by atoms with Crippen molar-refractivity contribution in [2.24, 2.45) is 7.05 Å². The fraction of sp³-hybridized carbons (Fsp3) is 0.263. The second-order valence-corrected chi connectivity index (χ2v) is 6.22. The van der Waals surface area contributed by atoms with Crippen LogP contribution in [0.2, 0.25) is 0 Å². The van der Waals surface area contributed by atoms with Crippen LogP contribution in [0.15, 0.2) is 36.5 Å². The van der Waals surface area contributed by atoms with E-state index in [2.05, 4.69) is 20.8 Å². The smallest absolute Gasteiger partial charge is 0.276 e. The minimum Gasteiger partial charge on any atom is -0.322 e. The monoisotopic (exact) mass is 366 g/mol. The maximum atomic E-state index is 12.6. The van der Waals surface area contributed by atoms with Gasteiger partial charge < -0.3 is 10.6 Å². The summed E-state index contributed by atoms with van der Waals surface area (Å²) in [5.41, 5.74) is 3.73. The van der Waals surface area contributed by atoms with E-state index in [-0.39, 0.29) is 11.8 Å². The summed E-state index contributed by atoms with van der Waals surface area (Å²) in [5, 5.41) is 14.1. The number of amides is 2. The summed E-state index contributed by atoms with van der Waals surface area (Å²) in [7, 11) is 1.75. The zero-order valence-electron chi connectivity index (χ0n) is 15.8. The standard InChI is InChI=1S/C19H22N6O2/c1-5-25-13(3)17(12(2)22-25)19(27)21-15-8-6-14(7-9-15)20-18(26)16-10-11-24(4)23-16/h6-11H,5H2,1-4H3,(H,20,26)(H,21,27). The van der Waals surface area contributed by atoms with E-state index in [0.29, 0.717) is 34.9 Å². The van der Waals surface area contributed by atoms with Gasteiger partial charge in [0, 0.05) is 36.9 Å². The summed E-state index contributed by atoms with van der Waals surface area (Å²) in [6.07, 6.45) is 1.71. The lowest BCUT2D eigenvalue weighted by Gasteiger charge is -2.08. The molecule has 2 amide bonds. The molecule has 3 aromatic rings. The van der Waals surface area contributed by atoms with Gasteiger partial charge in [0.1, 0.15) is 0 Å². The molecule has 140 valence electrons. The Morgan fingerprint density at radius 1 is 0.963 bits per heavy atom. The Morgan fingerprint density at radius 2 is 1.56 bits per heavy atom. The summed E-state index contributed by atoms with van der Waals surface area (Å²) in [6.45, 7) is 6.41. The predicted octanol–water partition coefficient (Wildman–Crippen LogP) is 2.76. The number of anilines is 2. The number of carbonyl (C=O) groups is 2. The molecular weight excluding hydrogens is 344 g/mol. The molecule has 8 nitrogen and oxygen atoms in total. The molecule has 27 heavy (non-hydrogen) atoms. The Morgan fingerprint density at radius 3 is 2.04 bits per heavy atom. The minimum atomic E-state index is -0.286. The molecule has 0 radical (unpaired) electrons. The lowest BCUT2D eigenvalue weighted by atomic mass is 10.1. The van der Waals surface area contributed by atoms with E-state index in [1.54, 1.807) is 52.9 Å². The molecule has 0 spiro atoms. The van der Waals surface area contributed by atoms with Gasteiger partial charge in [-0.15, -0.1) is 0 Å². The van der Waals surface area contributed by atoms with Crippen LogP contribution in [0.25, 0.3) is 0 Å². The van der Waals surface area contributed by atoms with Crippen LogP contribution in [0.1, 0.15) is 39.2 Å². The van der Waals surface area contributed by atoms with Crippen molar-refractivity contribution in [3.05, 3.63) is 59.2 Å². The Labute approximate surface area is 157 Å². The summed E-state index contributed by atoms with van der Waals surface area (Å²) >= 11 is 0. The van der Waals surface area contributed by atoms with Crippen LogP contribution in [0, 0.1) is 13.8 Å². The third kappa shape index (κ3) is 3.89. The average molecular weight is 366 g/mol. The van der Waals surface area contributed by atoms with Gasteiger partial charge in [-0.3, -0.25) is 19.0 Å². The Balaban J connectivity index is 1.68. The number of rotatable bonds is 5. The first kappa shape index (κ1) is 18.4. The lowest BCUT2D eigenvalue weighted by molar-refractivity contribution is 0.101. The van der Waals surface area contributed by atoms with Crippen LogP contribution in [0.5, 0.6) is 0 Å². The van der Waals surface area contributed by atoms with Crippen molar-refractivity contribution < 1.29 is 9.59 Å². The Bertz CT molecular complexity index is 984. The molecule has 2 N–H and O–H groups in total. The number of aromatic nitrogens is 4. The van der Waals surface area contributed by atoms with Crippen molar-refractivity contribution in [3.8, 4) is 0 Å². The number of aryl methyl sites for hydroxylation is 3. The fourth-order valence-electron chi connectivity index (χ4n) is 2.90. The summed E-state index contributed by atoms with van der Waals surface area (Å²) in [6, 6.07) is 8.57. The van der Waals surface area contributed by atoms with Crippen LogP contribution >= 0.6 is 0 Å². The Hall–Kier alpha value is -3.42. The third-order valence-electron chi connectivity index (χ3n) is 4.25. The molecule has 0 aliphatic heterocycles. The molecule has 0 aliphatic rings. The van der Waals surface area contributed by atoms with Crippen LogP contribution in [0.4, 0.5) is 11.4 Å². The molecule has 8 heteroatoms. The number of nitrogens with zero attached hydrogens (tertiary/aromatic N) is 4. The number of benzene rings is 1. The largest absolute Gasteiger partial charge is 0.322 e. The highest BCUT2D eigenvalue weighted by Gasteiger charge is 2.18. The molecule has 1 aromatic carbocycles. The quantitative estimate of drug-likeness (QED) is 0.726. The molecule has 2 aromatic heterocycles. The first-order chi connectivity index (χ1) is 12.9. The minimum absolute atomic E-state index is 0.199. The van der Waals surface area contributed by atoms with Gasteiger partial charge in [0.2, 0.25) is 0 Å². The van der Waals surface area contributed by atoms with Crippen molar-refractivity contribution in [2.45, 2.75) is 27.3 Å². The predicted molar refractivity (Wildman–Crippen MR) is 103 cm³/mol. The third-order valence-corrected chi connectivity index (χ3v) is 4.25. The maximum absolute atomic E-state index is 12.6. The van der Waals surface area contributed by atoms with E-state index in [4.69, 9.17) is 0 Å². The molecule has 0 bridgehead atoms. The van der Waals surface area contributed by atoms with Gasteiger partial charge >= 0.3 is 0 Å². The van der Waals surface area contributed by atoms with E-state index >= 15 is 0 Å². The van der Waals surface area contributed by atoms with E-state index < -0.39 is 0 Å². The molecule has 0 saturated heterocycles. The van der Waals surface area contributed by atoms with Gasteiger partial charge in [0.05, 0.1) is 11.3 Å². The van der Waals surface area contributed by atoms with E-state index in [1.807, 2.05) is 20.8 Å². The molecule has 0 aliphatic carbocycles. The van der Waals surface area contributed by atoms with Crippen LogP contribution < -0.4 is 10.6 Å². The lowest BCUT2D eigenvalue weighted by Crippen LogP contribution is -2.15. The number of hydrogen-bond donors (Lipinski definition) is 2. The number of nitrogens with one attached hydrogen (secondary N) is 2. The SMILES string of the molecule is CCn1nc(C)c(C(=O)Nc2ccc(NC(=O)c3ccn(C)n3)cc2)c1C. The first-order valence-corrected chi connectivity index (χ1v) is 8.65. The van der Waals surface area contributed by atoms with Gasteiger partial charge in [-0.25, -0.2) is 0 Å². The van der Waals surface area contributed by atoms with Crippen molar-refractivity contribution >= 4 is 23.2 Å². The van der Waals surface area contributed by atoms with Gasteiger partial charge in [0.15, 0.2) is 5.69 Å². The van der Waals surface area contributed by atoms with Crippen molar-refractivity contribution in [1.29, 1.82) is 0 Å². The van der Waals surface area contributed by atoms with Crippen LogP contribution in [0.3, 0.4) is 0 Å². The topological polar surface area (TPSA) is 93.8 Å². The Kier molecular flexibility index (Phi) is 5.07. The van der Waals surface area contributed by atoms with E-state index in [1.165, 1.54) is 0 Å². The highest BCUT2D eigenvalue weighted by Crippen LogP contribution is 2.18. The van der Waals surface area contributed by atoms with Crippen molar-refractivity contribution in [1.82, 2.24) is 19.6 Å². The van der Waals surface area contributed by atoms with Crippen molar-refractivity contribution in [3.63, 3.8) is 0 Å². The van der Waals surface area contributed by atoms with Crippen LogP contribution in [-0.4, -0.2) is 31.4 Å². The normalized spacial score (nSPS) is 10.7. The molecule has 0 unspecified atom stereocenters. The number of carbonyl (C=O) groups excluding carboxylic acids is 2. The number of hydrogen-bond acceptors (Lipinski definition) is 4. The van der Waals surface area contributed by atoms with Gasteiger partial charge in [-0.05, 0) is 51.1 Å². The zero-order valence-corrected chi connectivity index (χ0v) is 15.8. The first-order valence-electron chi connectivity index (χ1n) is 8.65. The fourth-order valence-corrected chi connectivity index (χ4v) is 2.90. The summed E-state index contributed by atoms with van der Waals surface area (Å²) in [4.78, 5) is 24.7. The van der Waals surface area contributed by atoms with Gasteiger partial charge in [0.25, 0.3) is 11.8 Å². The summed E-state index contributed by atoms with van der Waals surface area (Å²) < 4.78 is 3.37. The van der Waals surface area contributed by atoms with Crippen molar-refractivity contribution in [2.75, 3.05) is 10.6 Å². The highest BCUT2D eigenvalue weighted by molar-refractivity contribution is 6.06. The maximum Gasteiger partial charge on any atom is 0.276 e. The molecule has 2 heterocycles. The second kappa shape index (κ2) is 7.45. The van der Waals surface area contributed by atoms with Gasteiger partial charge in [-0.1, -0.05) is 0 Å². The van der Waals surface area contributed by atoms with Gasteiger partial charge in [-0.2, -0.15) is 10.2 Å². The van der Waals surface area contributed by atoms with Crippen LogP contribution in [-0.2, 0) is 13.6 Å². The molecule has 0 atom stereocenters. The molecule has 0 fully saturated rings. The summed E-state index contributed by atoms with van der Waals surface area (Å²) in [5.74, 6) is -0.486. The van der Waals surface area contributed by atoms with E-state index in [0.717, 1.165) is 5.69 Å². The molecular formula is C19H22N6O2. The highest BCUT2D eigenvalue weighted by atomic mass is 16.2. The zero-order chi connectivity index (χ0) is 19.6. The second-order valence-electron chi connectivity index (χ2n) is 6.22.